The van der Waals surface area contributed by atoms with Crippen LogP contribution < -0.4 is 0 Å². The molecule has 0 fully saturated rings. The molecule has 0 N–H and O–H groups in total. The minimum absolute atomic E-state index is 0.0258. The molecule has 0 unspecified atom stereocenters. The van der Waals surface area contributed by atoms with Gasteiger partial charge in [0.2, 0.25) is 0 Å². The van der Waals surface area contributed by atoms with Gasteiger partial charge in [-0.05, 0) is 49.2 Å². The predicted octanol–water partition coefficient (Wildman–Crippen LogP) is 4.18. The Balaban J connectivity index is 2.16. The van der Waals surface area contributed by atoms with Crippen LogP contribution in [0.15, 0.2) is 30.3 Å². The molecule has 3 heteroatoms. The number of Topliss-reactive ketones (excluding diaryl/α,β-unsaturated/α-hetero) is 1. The zero-order valence-corrected chi connectivity index (χ0v) is 11.3. The van der Waals surface area contributed by atoms with Crippen molar-refractivity contribution in [2.45, 2.75) is 26.7 Å². The van der Waals surface area contributed by atoms with Gasteiger partial charge >= 0.3 is 0 Å². The Kier molecular flexibility index (Phi) is 3.92. The van der Waals surface area contributed by atoms with Crippen LogP contribution in [0.1, 0.15) is 32.6 Å². The number of ketones is 1. The standard InChI is InChI=1S/C15H15FOS/c1-3-13-4-5-14(18-13)9-15(17)11-6-10(2)7-12(16)8-11/h4-8H,3,9H2,1-2H3. The third-order valence-corrected chi connectivity index (χ3v) is 3.99. The van der Waals surface area contributed by atoms with Gasteiger partial charge in [-0.2, -0.15) is 0 Å². The molecule has 0 aliphatic rings. The summed E-state index contributed by atoms with van der Waals surface area (Å²) in [4.78, 5) is 14.4. The molecule has 1 aromatic heterocycles. The van der Waals surface area contributed by atoms with E-state index in [-0.39, 0.29) is 11.6 Å². The zero-order valence-electron chi connectivity index (χ0n) is 10.5. The number of hydrogen-bond donors (Lipinski definition) is 0. The first-order valence-electron chi connectivity index (χ1n) is 5.96. The first kappa shape index (κ1) is 13.0. The second kappa shape index (κ2) is 5.44. The molecule has 1 nitrogen and oxygen atoms in total. The fourth-order valence-electron chi connectivity index (χ4n) is 1.86. The van der Waals surface area contributed by atoms with E-state index in [9.17, 15) is 9.18 Å². The number of thiophene rings is 1. The third-order valence-electron chi connectivity index (χ3n) is 2.76. The Bertz CT molecular complexity index is 551. The van der Waals surface area contributed by atoms with Crippen molar-refractivity contribution in [2.24, 2.45) is 0 Å². The Morgan fingerprint density at radius 2 is 1.94 bits per heavy atom. The fourth-order valence-corrected chi connectivity index (χ4v) is 2.82. The molecule has 0 amide bonds. The molecule has 0 saturated heterocycles. The molecule has 0 atom stereocenters. The molecule has 0 spiro atoms. The monoisotopic (exact) mass is 262 g/mol. The number of aryl methyl sites for hydroxylation is 2. The lowest BCUT2D eigenvalue weighted by Crippen LogP contribution is -2.03. The quantitative estimate of drug-likeness (QED) is 0.755. The molecule has 2 rings (SSSR count). The van der Waals surface area contributed by atoms with E-state index in [0.29, 0.717) is 12.0 Å². The SMILES string of the molecule is CCc1ccc(CC(=O)c2cc(C)cc(F)c2)s1. The molecular formula is C15H15FOS. The van der Waals surface area contributed by atoms with Crippen LogP contribution in [0.2, 0.25) is 0 Å². The average molecular weight is 262 g/mol. The predicted molar refractivity (Wildman–Crippen MR) is 72.9 cm³/mol. The largest absolute Gasteiger partial charge is 0.294 e. The number of rotatable bonds is 4. The van der Waals surface area contributed by atoms with Crippen molar-refractivity contribution in [1.29, 1.82) is 0 Å². The molecule has 0 bridgehead atoms. The second-order valence-corrected chi connectivity index (χ2v) is 5.59. The first-order chi connectivity index (χ1) is 8.58. The first-order valence-corrected chi connectivity index (χ1v) is 6.78. The van der Waals surface area contributed by atoms with E-state index in [1.807, 2.05) is 12.1 Å². The highest BCUT2D eigenvalue weighted by molar-refractivity contribution is 7.12. The average Bonchev–Trinajstić information content (AvgIpc) is 2.75. The highest BCUT2D eigenvalue weighted by Gasteiger charge is 2.10. The van der Waals surface area contributed by atoms with Gasteiger partial charge in [0, 0.05) is 21.7 Å². The van der Waals surface area contributed by atoms with Gasteiger partial charge in [0.05, 0.1) is 0 Å². The third kappa shape index (κ3) is 3.05. The van der Waals surface area contributed by atoms with Crippen molar-refractivity contribution in [3.05, 3.63) is 57.0 Å². The van der Waals surface area contributed by atoms with Crippen LogP contribution in [0.5, 0.6) is 0 Å². The summed E-state index contributed by atoms with van der Waals surface area (Å²) in [6.45, 7) is 3.88. The molecule has 0 aliphatic carbocycles. The van der Waals surface area contributed by atoms with Gasteiger partial charge in [0.25, 0.3) is 0 Å². The van der Waals surface area contributed by atoms with E-state index in [0.717, 1.165) is 16.9 Å². The lowest BCUT2D eigenvalue weighted by Gasteiger charge is -2.01. The van der Waals surface area contributed by atoms with Crippen LogP contribution in [0.4, 0.5) is 4.39 Å². The maximum absolute atomic E-state index is 13.2. The van der Waals surface area contributed by atoms with Crippen molar-refractivity contribution in [3.8, 4) is 0 Å². The van der Waals surface area contributed by atoms with E-state index < -0.39 is 0 Å². The van der Waals surface area contributed by atoms with Crippen LogP contribution in [0.3, 0.4) is 0 Å². The van der Waals surface area contributed by atoms with Crippen molar-refractivity contribution in [1.82, 2.24) is 0 Å². The van der Waals surface area contributed by atoms with Crippen LogP contribution in [0.25, 0.3) is 0 Å². The molecule has 2 aromatic rings. The van der Waals surface area contributed by atoms with Crippen LogP contribution in [-0.2, 0) is 12.8 Å². The van der Waals surface area contributed by atoms with Gasteiger partial charge in [-0.3, -0.25) is 4.79 Å². The van der Waals surface area contributed by atoms with Gasteiger partial charge in [0.1, 0.15) is 5.82 Å². The Morgan fingerprint density at radius 1 is 1.22 bits per heavy atom. The minimum atomic E-state index is -0.348. The van der Waals surface area contributed by atoms with E-state index in [4.69, 9.17) is 0 Å². The number of hydrogen-bond acceptors (Lipinski definition) is 2. The van der Waals surface area contributed by atoms with Gasteiger partial charge < -0.3 is 0 Å². The van der Waals surface area contributed by atoms with Crippen molar-refractivity contribution in [3.63, 3.8) is 0 Å². The summed E-state index contributed by atoms with van der Waals surface area (Å²) in [7, 11) is 0. The molecule has 0 radical (unpaired) electrons. The number of carbonyl (C=O) groups excluding carboxylic acids is 1. The van der Waals surface area contributed by atoms with E-state index in [1.165, 1.54) is 17.0 Å². The summed E-state index contributed by atoms with van der Waals surface area (Å²) in [5, 5.41) is 0. The van der Waals surface area contributed by atoms with E-state index >= 15 is 0 Å². The summed E-state index contributed by atoms with van der Waals surface area (Å²) in [6, 6.07) is 8.50. The van der Waals surface area contributed by atoms with E-state index in [1.54, 1.807) is 24.3 Å². The summed E-state index contributed by atoms with van der Waals surface area (Å²) >= 11 is 1.65. The van der Waals surface area contributed by atoms with Crippen LogP contribution in [0, 0.1) is 12.7 Å². The Morgan fingerprint density at radius 3 is 2.56 bits per heavy atom. The Labute approximate surface area is 110 Å². The molecule has 0 saturated carbocycles. The maximum atomic E-state index is 13.2. The number of halogens is 1. The summed E-state index contributed by atoms with van der Waals surface area (Å²) in [5.41, 5.74) is 1.23. The van der Waals surface area contributed by atoms with Gasteiger partial charge in [-0.15, -0.1) is 11.3 Å². The van der Waals surface area contributed by atoms with Crippen molar-refractivity contribution >= 4 is 17.1 Å². The number of carbonyl (C=O) groups is 1. The zero-order chi connectivity index (χ0) is 13.1. The molecule has 1 aromatic carbocycles. The Hall–Kier alpha value is -1.48. The van der Waals surface area contributed by atoms with Gasteiger partial charge in [0.15, 0.2) is 5.78 Å². The lowest BCUT2D eigenvalue weighted by molar-refractivity contribution is 0.0993. The topological polar surface area (TPSA) is 17.1 Å². The lowest BCUT2D eigenvalue weighted by atomic mass is 10.0. The molecule has 94 valence electrons. The van der Waals surface area contributed by atoms with Crippen molar-refractivity contribution in [2.75, 3.05) is 0 Å². The summed E-state index contributed by atoms with van der Waals surface area (Å²) in [5.74, 6) is -0.374. The smallest absolute Gasteiger partial charge is 0.168 e. The highest BCUT2D eigenvalue weighted by Crippen LogP contribution is 2.19. The summed E-state index contributed by atoms with van der Waals surface area (Å²) in [6.07, 6.45) is 1.34. The van der Waals surface area contributed by atoms with Gasteiger partial charge in [-0.1, -0.05) is 6.92 Å². The van der Waals surface area contributed by atoms with Gasteiger partial charge in [-0.25, -0.2) is 4.39 Å². The van der Waals surface area contributed by atoms with Crippen LogP contribution >= 0.6 is 11.3 Å². The normalized spacial score (nSPS) is 10.6. The number of benzene rings is 1. The fraction of sp³-hybridized carbons (Fsp3) is 0.267. The maximum Gasteiger partial charge on any atom is 0.168 e. The molecule has 18 heavy (non-hydrogen) atoms. The van der Waals surface area contributed by atoms with Crippen LogP contribution in [-0.4, -0.2) is 5.78 Å². The van der Waals surface area contributed by atoms with E-state index in [2.05, 4.69) is 6.92 Å². The minimum Gasteiger partial charge on any atom is -0.294 e. The molecular weight excluding hydrogens is 247 g/mol. The summed E-state index contributed by atoms with van der Waals surface area (Å²) < 4.78 is 13.2. The van der Waals surface area contributed by atoms with Crippen molar-refractivity contribution < 1.29 is 9.18 Å². The second-order valence-electron chi connectivity index (χ2n) is 4.34. The molecule has 0 aliphatic heterocycles. The highest BCUT2D eigenvalue weighted by atomic mass is 32.1. The molecule has 1 heterocycles.